The number of carbonyl (C=O) groups excluding carboxylic acids is 1. The van der Waals surface area contributed by atoms with Gasteiger partial charge in [0.15, 0.2) is 5.65 Å². The molecule has 37 heavy (non-hydrogen) atoms. The summed E-state index contributed by atoms with van der Waals surface area (Å²) in [5.41, 5.74) is 6.06. The molecule has 1 amide bonds. The number of benzene rings is 2. The highest BCUT2D eigenvalue weighted by Crippen LogP contribution is 2.29. The van der Waals surface area contributed by atoms with Gasteiger partial charge in [-0.1, -0.05) is 12.1 Å². The number of aromatic nitrogens is 3. The Morgan fingerprint density at radius 1 is 1.08 bits per heavy atom. The number of fused-ring (bicyclic) bond motifs is 1. The van der Waals surface area contributed by atoms with Crippen molar-refractivity contribution in [3.05, 3.63) is 82.1 Å². The summed E-state index contributed by atoms with van der Waals surface area (Å²) in [6, 6.07) is 15.2. The third-order valence-corrected chi connectivity index (χ3v) is 5.69. The van der Waals surface area contributed by atoms with E-state index in [1.165, 1.54) is 10.6 Å². The number of primary amides is 1. The molecule has 0 radical (unpaired) electrons. The maximum absolute atomic E-state index is 13.4. The number of anilines is 1. The van der Waals surface area contributed by atoms with Crippen LogP contribution in [0.1, 0.15) is 24.0 Å². The van der Waals surface area contributed by atoms with Crippen molar-refractivity contribution in [3.63, 3.8) is 0 Å². The molecular weight excluding hydrogens is 487 g/mol. The smallest absolute Gasteiger partial charge is 0.416 e. The summed E-state index contributed by atoms with van der Waals surface area (Å²) in [5.74, 6) is 0.495. The van der Waals surface area contributed by atoms with Crippen LogP contribution in [0.2, 0.25) is 0 Å². The predicted molar refractivity (Wildman–Crippen MR) is 133 cm³/mol. The molecule has 0 unspecified atom stereocenters. The predicted octanol–water partition coefficient (Wildman–Crippen LogP) is 4.36. The average molecular weight is 512 g/mol. The van der Waals surface area contributed by atoms with E-state index in [0.29, 0.717) is 34.6 Å². The van der Waals surface area contributed by atoms with Gasteiger partial charge in [0.25, 0.3) is 5.56 Å². The summed E-state index contributed by atoms with van der Waals surface area (Å²) in [4.78, 5) is 33.7. The standard InChI is InChI=1S/C26H24F3N5O3/c1-37-19-9-7-17(8-10-19)23-25(36)34(13-3-6-21(30)35)24-20(32-23)11-12-22(33-24)31-15-16-4-2-5-18(14-16)26(27,28)29/h2,4-5,7-12,14H,3,6,13,15H2,1H3,(H2,30,35)(H,31,33). The van der Waals surface area contributed by atoms with Crippen LogP contribution < -0.4 is 21.3 Å². The van der Waals surface area contributed by atoms with Crippen LogP contribution in [-0.2, 0) is 24.1 Å². The van der Waals surface area contributed by atoms with Crippen LogP contribution in [0, 0.1) is 0 Å². The van der Waals surface area contributed by atoms with E-state index in [4.69, 9.17) is 10.5 Å². The van der Waals surface area contributed by atoms with Gasteiger partial charge in [0.2, 0.25) is 5.91 Å². The van der Waals surface area contributed by atoms with E-state index in [1.54, 1.807) is 49.6 Å². The third kappa shape index (κ3) is 6.05. The number of alkyl halides is 3. The number of halogens is 3. The number of hydrogen-bond acceptors (Lipinski definition) is 6. The molecule has 2 heterocycles. The highest BCUT2D eigenvalue weighted by Gasteiger charge is 2.30. The summed E-state index contributed by atoms with van der Waals surface area (Å²) in [5, 5.41) is 3.00. The molecule has 11 heteroatoms. The van der Waals surface area contributed by atoms with Crippen LogP contribution in [0.25, 0.3) is 22.4 Å². The molecule has 4 aromatic rings. The van der Waals surface area contributed by atoms with Crippen LogP contribution >= 0.6 is 0 Å². The first-order valence-corrected chi connectivity index (χ1v) is 11.4. The van der Waals surface area contributed by atoms with E-state index in [9.17, 15) is 22.8 Å². The fraction of sp³-hybridized carbons (Fsp3) is 0.231. The van der Waals surface area contributed by atoms with Crippen LogP contribution in [0.4, 0.5) is 19.0 Å². The number of nitrogens with one attached hydrogen (secondary N) is 1. The van der Waals surface area contributed by atoms with Crippen LogP contribution in [0.15, 0.2) is 65.5 Å². The first-order chi connectivity index (χ1) is 17.7. The normalized spacial score (nSPS) is 11.5. The third-order valence-electron chi connectivity index (χ3n) is 5.69. The fourth-order valence-corrected chi connectivity index (χ4v) is 3.82. The van der Waals surface area contributed by atoms with Gasteiger partial charge in [-0.05, 0) is 60.5 Å². The van der Waals surface area contributed by atoms with E-state index in [1.807, 2.05) is 0 Å². The Balaban J connectivity index is 1.69. The largest absolute Gasteiger partial charge is 0.497 e. The number of amides is 1. The SMILES string of the molecule is COc1ccc(-c2nc3ccc(NCc4cccc(C(F)(F)F)c4)nc3n(CCCC(N)=O)c2=O)cc1. The van der Waals surface area contributed by atoms with Crippen LogP contribution in [0.5, 0.6) is 5.75 Å². The number of nitrogens with zero attached hydrogens (tertiary/aromatic N) is 3. The average Bonchev–Trinajstić information content (AvgIpc) is 2.88. The van der Waals surface area contributed by atoms with Gasteiger partial charge < -0.3 is 15.8 Å². The maximum Gasteiger partial charge on any atom is 0.416 e. The summed E-state index contributed by atoms with van der Waals surface area (Å²) < 4.78 is 45.7. The Kier molecular flexibility index (Phi) is 7.42. The molecule has 0 aliphatic carbocycles. The highest BCUT2D eigenvalue weighted by atomic mass is 19.4. The van der Waals surface area contributed by atoms with Gasteiger partial charge in [0.05, 0.1) is 12.7 Å². The lowest BCUT2D eigenvalue weighted by molar-refractivity contribution is -0.137. The second kappa shape index (κ2) is 10.7. The zero-order valence-electron chi connectivity index (χ0n) is 19.9. The van der Waals surface area contributed by atoms with Crippen LogP contribution in [0.3, 0.4) is 0 Å². The van der Waals surface area contributed by atoms with E-state index in [0.717, 1.165) is 12.1 Å². The molecule has 8 nitrogen and oxygen atoms in total. The quantitative estimate of drug-likeness (QED) is 0.345. The van der Waals surface area contributed by atoms with Gasteiger partial charge in [-0.15, -0.1) is 0 Å². The molecule has 0 bridgehead atoms. The van der Waals surface area contributed by atoms with Gasteiger partial charge in [-0.2, -0.15) is 13.2 Å². The minimum absolute atomic E-state index is 0.0849. The monoisotopic (exact) mass is 511 g/mol. The molecule has 4 rings (SSSR count). The number of rotatable bonds is 9. The van der Waals surface area contributed by atoms with Gasteiger partial charge in [-0.3, -0.25) is 14.2 Å². The Bertz CT molecular complexity index is 1480. The Labute approximate surface area is 209 Å². The molecule has 2 aromatic heterocycles. The number of nitrogens with two attached hydrogens (primary N) is 1. The molecule has 3 N–H and O–H groups in total. The van der Waals surface area contributed by atoms with Crippen molar-refractivity contribution in [1.29, 1.82) is 0 Å². The van der Waals surface area contributed by atoms with Crippen molar-refractivity contribution in [2.24, 2.45) is 5.73 Å². The number of ether oxygens (including phenoxy) is 1. The number of carbonyl (C=O) groups is 1. The molecule has 2 aromatic carbocycles. The molecule has 0 aliphatic rings. The van der Waals surface area contributed by atoms with Gasteiger partial charge in [0.1, 0.15) is 22.8 Å². The van der Waals surface area contributed by atoms with Crippen molar-refractivity contribution in [1.82, 2.24) is 14.5 Å². The molecule has 0 aliphatic heterocycles. The first kappa shape index (κ1) is 25.7. The van der Waals surface area contributed by atoms with Gasteiger partial charge in [0, 0.05) is 25.1 Å². The lowest BCUT2D eigenvalue weighted by atomic mass is 10.1. The lowest BCUT2D eigenvalue weighted by Gasteiger charge is -2.14. The topological polar surface area (TPSA) is 112 Å². The fourth-order valence-electron chi connectivity index (χ4n) is 3.82. The molecule has 0 atom stereocenters. The maximum atomic E-state index is 13.4. The number of pyridine rings is 1. The number of aryl methyl sites for hydroxylation is 1. The molecular formula is C26H24F3N5O3. The zero-order chi connectivity index (χ0) is 26.6. The van der Waals surface area contributed by atoms with Crippen molar-refractivity contribution >= 4 is 22.9 Å². The van der Waals surface area contributed by atoms with Crippen molar-refractivity contribution < 1.29 is 22.7 Å². The Hall–Kier alpha value is -4.41. The lowest BCUT2D eigenvalue weighted by Crippen LogP contribution is -2.25. The molecule has 192 valence electrons. The minimum atomic E-state index is -4.44. The van der Waals surface area contributed by atoms with Crippen LogP contribution in [-0.4, -0.2) is 27.6 Å². The Morgan fingerprint density at radius 3 is 2.51 bits per heavy atom. The second-order valence-corrected chi connectivity index (χ2v) is 8.31. The summed E-state index contributed by atoms with van der Waals surface area (Å²) in [6.07, 6.45) is -4.03. The summed E-state index contributed by atoms with van der Waals surface area (Å²) >= 11 is 0. The van der Waals surface area contributed by atoms with Crippen molar-refractivity contribution in [2.75, 3.05) is 12.4 Å². The second-order valence-electron chi connectivity index (χ2n) is 8.31. The van der Waals surface area contributed by atoms with E-state index in [-0.39, 0.29) is 30.9 Å². The first-order valence-electron chi connectivity index (χ1n) is 11.4. The van der Waals surface area contributed by atoms with Gasteiger partial charge in [-0.25, -0.2) is 9.97 Å². The Morgan fingerprint density at radius 2 is 1.84 bits per heavy atom. The van der Waals surface area contributed by atoms with Crippen molar-refractivity contribution in [2.45, 2.75) is 32.1 Å². The summed E-state index contributed by atoms with van der Waals surface area (Å²) in [6.45, 7) is 0.264. The van der Waals surface area contributed by atoms with Crippen molar-refractivity contribution in [3.8, 4) is 17.0 Å². The number of hydrogen-bond donors (Lipinski definition) is 2. The molecule has 0 saturated heterocycles. The molecule has 0 fully saturated rings. The van der Waals surface area contributed by atoms with E-state index < -0.39 is 23.2 Å². The summed E-state index contributed by atoms with van der Waals surface area (Å²) in [7, 11) is 1.54. The molecule has 0 saturated carbocycles. The highest BCUT2D eigenvalue weighted by molar-refractivity contribution is 5.76. The van der Waals surface area contributed by atoms with Gasteiger partial charge >= 0.3 is 6.18 Å². The van der Waals surface area contributed by atoms with E-state index >= 15 is 0 Å². The van der Waals surface area contributed by atoms with E-state index in [2.05, 4.69) is 15.3 Å². The number of methoxy groups -OCH3 is 1. The zero-order valence-corrected chi connectivity index (χ0v) is 19.9. The molecule has 0 spiro atoms. The minimum Gasteiger partial charge on any atom is -0.497 e.